The smallest absolute Gasteiger partial charge is 0.375 e. The molecule has 3 aromatic carbocycles. The molecule has 17 heteroatoms. The number of aryl methyl sites for hydroxylation is 3. The van der Waals surface area contributed by atoms with E-state index in [1.165, 1.54) is 27.1 Å². The lowest BCUT2D eigenvalue weighted by Crippen LogP contribution is -2.43. The first-order valence-corrected chi connectivity index (χ1v) is 22.8. The molecule has 5 aliphatic rings. The molecule has 8 heterocycles. The Morgan fingerprint density at radius 3 is 2.44 bits per heavy atom. The van der Waals surface area contributed by atoms with Crippen LogP contribution in [0.15, 0.2) is 81.2 Å². The van der Waals surface area contributed by atoms with Crippen molar-refractivity contribution in [3.05, 3.63) is 139 Å². The number of H-pyrrole nitrogens is 1. The monoisotopic (exact) mass is 892 g/mol. The third-order valence-electron chi connectivity index (χ3n) is 15.6. The van der Waals surface area contributed by atoms with Crippen LogP contribution in [0.2, 0.25) is 0 Å². The topological polar surface area (TPSA) is 156 Å². The summed E-state index contributed by atoms with van der Waals surface area (Å²) in [6, 6.07) is 14.4. The van der Waals surface area contributed by atoms with Crippen LogP contribution in [0, 0.1) is 31.4 Å². The van der Waals surface area contributed by atoms with Gasteiger partial charge in [0.05, 0.1) is 45.8 Å². The Bertz CT molecular complexity index is 3490. The van der Waals surface area contributed by atoms with Gasteiger partial charge in [0.15, 0.2) is 11.6 Å². The molecule has 2 bridgehead atoms. The minimum absolute atomic E-state index is 0.0111. The predicted molar refractivity (Wildman–Crippen MR) is 238 cm³/mol. The van der Waals surface area contributed by atoms with Gasteiger partial charge in [-0.15, -0.1) is 0 Å². The van der Waals surface area contributed by atoms with E-state index in [1.807, 2.05) is 11.0 Å². The maximum atomic E-state index is 16.2. The lowest BCUT2D eigenvalue weighted by atomic mass is 9.87. The van der Waals surface area contributed by atoms with Gasteiger partial charge in [-0.05, 0) is 130 Å². The number of imidazole rings is 1. The van der Waals surface area contributed by atoms with E-state index in [4.69, 9.17) is 14.4 Å². The van der Waals surface area contributed by atoms with Crippen molar-refractivity contribution in [2.75, 3.05) is 6.61 Å². The minimum atomic E-state index is -0.837. The summed E-state index contributed by atoms with van der Waals surface area (Å²) in [6.45, 7) is 6.18. The Labute approximate surface area is 375 Å². The zero-order valence-corrected chi connectivity index (χ0v) is 36.8. The Balaban J connectivity index is 0.969. The molecule has 66 heavy (non-hydrogen) atoms. The number of ether oxygens (including phenoxy) is 1. The largest absolute Gasteiger partial charge is 0.438 e. The zero-order valence-electron chi connectivity index (χ0n) is 36.8. The molecule has 0 unspecified atom stereocenters. The average Bonchev–Trinajstić information content (AvgIpc) is 3.70. The highest BCUT2D eigenvalue weighted by Gasteiger charge is 2.60. The molecule has 2 saturated carbocycles. The van der Waals surface area contributed by atoms with Crippen LogP contribution in [-0.2, 0) is 23.7 Å². The number of amides is 1. The van der Waals surface area contributed by atoms with Crippen LogP contribution in [-0.4, -0.2) is 72.5 Å². The molecule has 2 saturated heterocycles. The molecule has 15 nitrogen and oxygen atoms in total. The summed E-state index contributed by atoms with van der Waals surface area (Å²) in [4.78, 5) is 47.8. The molecule has 5 aromatic heterocycles. The van der Waals surface area contributed by atoms with Gasteiger partial charge in [-0.1, -0.05) is 18.1 Å². The fourth-order valence-corrected chi connectivity index (χ4v) is 12.0. The van der Waals surface area contributed by atoms with Gasteiger partial charge in [-0.3, -0.25) is 28.1 Å². The molecular formula is C49H46F2N10O5. The van der Waals surface area contributed by atoms with Crippen LogP contribution >= 0.6 is 0 Å². The van der Waals surface area contributed by atoms with Gasteiger partial charge >= 0.3 is 11.4 Å². The normalized spacial score (nSPS) is 23.9. The molecule has 3 aliphatic heterocycles. The first kappa shape index (κ1) is 39.5. The average molecular weight is 893 g/mol. The van der Waals surface area contributed by atoms with E-state index in [-0.39, 0.29) is 40.4 Å². The van der Waals surface area contributed by atoms with Crippen LogP contribution in [0.1, 0.15) is 108 Å². The fourth-order valence-electron chi connectivity index (χ4n) is 12.0. The number of hydrogen-bond donors (Lipinski definition) is 1. The second-order valence-electron chi connectivity index (χ2n) is 19.5. The van der Waals surface area contributed by atoms with Crippen molar-refractivity contribution >= 4 is 27.7 Å². The highest BCUT2D eigenvalue weighted by Crippen LogP contribution is 2.57. The number of fused-ring (bicyclic) bond motifs is 6. The molecule has 2 aliphatic carbocycles. The van der Waals surface area contributed by atoms with E-state index in [1.54, 1.807) is 60.7 Å². The van der Waals surface area contributed by atoms with E-state index in [2.05, 4.69) is 44.9 Å². The van der Waals surface area contributed by atoms with Crippen molar-refractivity contribution in [3.8, 4) is 17.2 Å². The predicted octanol–water partition coefficient (Wildman–Crippen LogP) is 7.34. The van der Waals surface area contributed by atoms with Crippen molar-refractivity contribution in [3.63, 3.8) is 0 Å². The van der Waals surface area contributed by atoms with E-state index in [0.717, 1.165) is 48.9 Å². The number of rotatable bonds is 7. The maximum Gasteiger partial charge on any atom is 0.438 e. The van der Waals surface area contributed by atoms with E-state index in [9.17, 15) is 9.59 Å². The SMILES string of the molecule is Cc1cc(-n2nc3c(c2-n2ccn(-c4ccc5c(cnn5C)c4F)c2=O)[C@@H]2CC[C@H](C3)N2C(=O)c2cc3cc([C@@H]4CCOC5(CC5)C4)ccc3n2[C@@]2(c3noc(=O)[nH]3)C[C@@H]2C)cc(C)c1F. The molecule has 336 valence electrons. The van der Waals surface area contributed by atoms with Crippen LogP contribution < -0.4 is 11.4 Å². The van der Waals surface area contributed by atoms with Crippen molar-refractivity contribution in [1.29, 1.82) is 0 Å². The first-order valence-electron chi connectivity index (χ1n) is 22.8. The number of carbonyl (C=O) groups excluding carboxylic acids is 1. The lowest BCUT2D eigenvalue weighted by molar-refractivity contribution is -0.0132. The summed E-state index contributed by atoms with van der Waals surface area (Å²) in [5.74, 6) is -0.659. The lowest BCUT2D eigenvalue weighted by Gasteiger charge is -2.35. The fraction of sp³-hybridized carbons (Fsp3) is 0.388. The Hall–Kier alpha value is -6.88. The van der Waals surface area contributed by atoms with Gasteiger partial charge in [0.1, 0.15) is 22.9 Å². The third kappa shape index (κ3) is 5.48. The molecule has 13 rings (SSSR count). The van der Waals surface area contributed by atoms with Crippen LogP contribution in [0.5, 0.6) is 0 Å². The third-order valence-corrected chi connectivity index (χ3v) is 15.6. The van der Waals surface area contributed by atoms with Gasteiger partial charge in [-0.2, -0.15) is 10.2 Å². The van der Waals surface area contributed by atoms with Gasteiger partial charge in [0.2, 0.25) is 0 Å². The number of halogens is 2. The summed E-state index contributed by atoms with van der Waals surface area (Å²) < 4.78 is 50.7. The molecule has 5 atom stereocenters. The number of carbonyl (C=O) groups is 1. The number of nitrogens with zero attached hydrogens (tertiary/aromatic N) is 9. The molecular weight excluding hydrogens is 847 g/mol. The number of aromatic amines is 1. The van der Waals surface area contributed by atoms with Crippen molar-refractivity contribution in [2.45, 2.75) is 101 Å². The summed E-state index contributed by atoms with van der Waals surface area (Å²) in [5, 5.41) is 14.8. The van der Waals surface area contributed by atoms with Gasteiger partial charge in [0, 0.05) is 55.0 Å². The molecule has 1 spiro atoms. The quantitative estimate of drug-likeness (QED) is 0.174. The standard InChI is InChI=1S/C49H46F2N10O5/c1-25-17-32(18-26(2)41(25)50)61-43(58-15-14-57(47(58)64)38-10-9-36-33(42(38)51)24-52-56(36)4)40-34(54-61)21-31-6-8-37(40)59(31)44(62)39-20-30-19-28(29-11-16-65-48(23-29)12-13-48)5-7-35(30)60(39)49(22-27(49)3)45-53-46(63)66-55-45/h5,7,9-10,14-15,17-20,24,27,29,31,37H,6,8,11-13,16,21-23H2,1-4H3,(H,53,55,63)/t27-,29+,31+,37-,49-/m0/s1. The zero-order chi connectivity index (χ0) is 45.1. The highest BCUT2D eigenvalue weighted by atomic mass is 19.1. The summed E-state index contributed by atoms with van der Waals surface area (Å²) >= 11 is 0. The molecule has 0 radical (unpaired) electrons. The second-order valence-corrected chi connectivity index (χ2v) is 19.5. The molecule has 4 fully saturated rings. The number of hydrogen-bond acceptors (Lipinski definition) is 8. The summed E-state index contributed by atoms with van der Waals surface area (Å²) in [6.07, 6.45) is 11.0. The Morgan fingerprint density at radius 1 is 0.924 bits per heavy atom. The molecule has 8 aromatic rings. The van der Waals surface area contributed by atoms with Crippen LogP contribution in [0.4, 0.5) is 8.78 Å². The second kappa shape index (κ2) is 13.6. The van der Waals surface area contributed by atoms with Gasteiger partial charge in [0.25, 0.3) is 5.91 Å². The summed E-state index contributed by atoms with van der Waals surface area (Å²) in [5.41, 5.74) is 4.58. The van der Waals surface area contributed by atoms with E-state index >= 15 is 13.6 Å². The minimum Gasteiger partial charge on any atom is -0.375 e. The van der Waals surface area contributed by atoms with Crippen LogP contribution in [0.25, 0.3) is 39.0 Å². The van der Waals surface area contributed by atoms with Crippen molar-refractivity contribution in [2.24, 2.45) is 13.0 Å². The number of nitrogens with one attached hydrogen (secondary N) is 1. The van der Waals surface area contributed by atoms with Crippen LogP contribution in [0.3, 0.4) is 0 Å². The van der Waals surface area contributed by atoms with E-state index < -0.39 is 28.8 Å². The van der Waals surface area contributed by atoms with Gasteiger partial charge < -0.3 is 14.2 Å². The first-order chi connectivity index (χ1) is 31.8. The number of aromatic nitrogens is 9. The van der Waals surface area contributed by atoms with Crippen molar-refractivity contribution in [1.82, 2.24) is 48.3 Å². The van der Waals surface area contributed by atoms with Gasteiger partial charge in [-0.25, -0.2) is 23.1 Å². The Kier molecular flexibility index (Phi) is 8.13. The maximum absolute atomic E-state index is 16.2. The summed E-state index contributed by atoms with van der Waals surface area (Å²) in [7, 11) is 1.73. The van der Waals surface area contributed by atoms with Crippen molar-refractivity contribution < 1.29 is 22.8 Å². The number of benzene rings is 3. The van der Waals surface area contributed by atoms with E-state index in [0.29, 0.717) is 76.8 Å². The Morgan fingerprint density at radius 2 is 1.70 bits per heavy atom. The molecule has 1 amide bonds. The molecule has 1 N–H and O–H groups in total. The highest BCUT2D eigenvalue weighted by molar-refractivity contribution is 6.00.